The van der Waals surface area contributed by atoms with E-state index in [9.17, 15) is 13.6 Å². The van der Waals surface area contributed by atoms with Crippen LogP contribution < -0.4 is 10.1 Å². The molecule has 1 aliphatic rings. The number of nitrogens with one attached hydrogen (secondary N) is 1. The second-order valence-electron chi connectivity index (χ2n) is 5.52. The Morgan fingerprint density at radius 2 is 2.09 bits per heavy atom. The average Bonchev–Trinajstić information content (AvgIpc) is 2.52. The first-order valence-corrected chi connectivity index (χ1v) is 7.77. The second-order valence-corrected chi connectivity index (χ2v) is 5.52. The van der Waals surface area contributed by atoms with Gasteiger partial charge in [0.2, 0.25) is 0 Å². The van der Waals surface area contributed by atoms with Crippen LogP contribution in [0.15, 0.2) is 12.1 Å². The van der Waals surface area contributed by atoms with Crippen molar-refractivity contribution in [3.8, 4) is 5.75 Å². The molecule has 1 amide bonds. The van der Waals surface area contributed by atoms with Crippen molar-refractivity contribution in [1.29, 1.82) is 0 Å². The fraction of sp³-hybridized carbons (Fsp3) is 0.562. The van der Waals surface area contributed by atoms with E-state index in [-0.39, 0.29) is 17.4 Å². The van der Waals surface area contributed by atoms with Gasteiger partial charge < -0.3 is 19.7 Å². The quantitative estimate of drug-likeness (QED) is 0.903. The predicted molar refractivity (Wildman–Crippen MR) is 81.4 cm³/mol. The summed E-state index contributed by atoms with van der Waals surface area (Å²) in [6, 6.07) is 2.20. The first-order valence-electron chi connectivity index (χ1n) is 7.77. The van der Waals surface area contributed by atoms with Gasteiger partial charge in [0.15, 0.2) is 0 Å². The standard InChI is InChI=1S/C16H22F2N2O3/c1-3-6-22-12-7-14(17)13(15(18)8-12)10-23-16(21)20-5-4-19-9-11(20)2/h7-8,11,19H,3-6,9-10H2,1-2H3/t11-/m1/s1. The van der Waals surface area contributed by atoms with E-state index < -0.39 is 24.3 Å². The molecule has 1 N–H and O–H groups in total. The third-order valence-electron chi connectivity index (χ3n) is 3.66. The minimum absolute atomic E-state index is 0.0178. The van der Waals surface area contributed by atoms with Crippen LogP contribution in [0.2, 0.25) is 0 Å². The number of carbonyl (C=O) groups excluding carboxylic acids is 1. The molecule has 1 aromatic carbocycles. The van der Waals surface area contributed by atoms with Crippen molar-refractivity contribution >= 4 is 6.09 Å². The summed E-state index contributed by atoms with van der Waals surface area (Å²) in [4.78, 5) is 13.6. The Hall–Kier alpha value is -1.89. The van der Waals surface area contributed by atoms with Gasteiger partial charge in [0.05, 0.1) is 12.2 Å². The summed E-state index contributed by atoms with van der Waals surface area (Å²) in [5, 5.41) is 3.15. The molecule has 0 aliphatic carbocycles. The molecule has 0 unspecified atom stereocenters. The molecule has 0 spiro atoms. The summed E-state index contributed by atoms with van der Waals surface area (Å²) >= 11 is 0. The van der Waals surface area contributed by atoms with E-state index >= 15 is 0 Å². The zero-order valence-corrected chi connectivity index (χ0v) is 13.4. The third kappa shape index (κ3) is 4.54. The first-order chi connectivity index (χ1) is 11.0. The van der Waals surface area contributed by atoms with Gasteiger partial charge in [0, 0.05) is 37.8 Å². The van der Waals surface area contributed by atoms with Gasteiger partial charge in [-0.3, -0.25) is 0 Å². The first kappa shape index (κ1) is 17.5. The van der Waals surface area contributed by atoms with Crippen LogP contribution in [0.25, 0.3) is 0 Å². The van der Waals surface area contributed by atoms with Crippen LogP contribution in [0.5, 0.6) is 5.75 Å². The lowest BCUT2D eigenvalue weighted by molar-refractivity contribution is 0.0744. The summed E-state index contributed by atoms with van der Waals surface area (Å²) in [5.74, 6) is -1.43. The van der Waals surface area contributed by atoms with Crippen LogP contribution in [0.4, 0.5) is 13.6 Å². The SMILES string of the molecule is CCCOc1cc(F)c(COC(=O)N2CCNC[C@H]2C)c(F)c1. The lowest BCUT2D eigenvalue weighted by Crippen LogP contribution is -2.52. The number of hydrogen-bond acceptors (Lipinski definition) is 4. The van der Waals surface area contributed by atoms with Crippen molar-refractivity contribution in [2.45, 2.75) is 32.9 Å². The summed E-state index contributed by atoms with van der Waals surface area (Å²) in [6.45, 7) is 5.57. The van der Waals surface area contributed by atoms with Crippen LogP contribution in [0.1, 0.15) is 25.8 Å². The molecule has 7 heteroatoms. The van der Waals surface area contributed by atoms with E-state index in [0.717, 1.165) is 18.6 Å². The third-order valence-corrected chi connectivity index (χ3v) is 3.66. The molecule has 1 saturated heterocycles. The number of rotatable bonds is 5. The van der Waals surface area contributed by atoms with Crippen molar-refractivity contribution < 1.29 is 23.0 Å². The number of hydrogen-bond donors (Lipinski definition) is 1. The maximum atomic E-state index is 14.0. The van der Waals surface area contributed by atoms with E-state index in [1.165, 1.54) is 0 Å². The summed E-state index contributed by atoms with van der Waals surface area (Å²) in [7, 11) is 0. The molecule has 128 valence electrons. The van der Waals surface area contributed by atoms with Gasteiger partial charge in [-0.2, -0.15) is 0 Å². The lowest BCUT2D eigenvalue weighted by atomic mass is 10.2. The minimum Gasteiger partial charge on any atom is -0.493 e. The van der Waals surface area contributed by atoms with Crippen molar-refractivity contribution in [2.24, 2.45) is 0 Å². The highest BCUT2D eigenvalue weighted by Crippen LogP contribution is 2.22. The Balaban J connectivity index is 1.98. The molecule has 1 aromatic rings. The zero-order chi connectivity index (χ0) is 16.8. The molecular weight excluding hydrogens is 306 g/mol. The Morgan fingerprint density at radius 3 is 2.70 bits per heavy atom. The number of amides is 1. The van der Waals surface area contributed by atoms with Crippen LogP contribution in [-0.2, 0) is 11.3 Å². The Bertz CT molecular complexity index is 531. The number of halogens is 2. The van der Waals surface area contributed by atoms with Crippen LogP contribution >= 0.6 is 0 Å². The normalized spacial score (nSPS) is 17.9. The highest BCUT2D eigenvalue weighted by atomic mass is 19.1. The molecule has 1 fully saturated rings. The summed E-state index contributed by atoms with van der Waals surface area (Å²) in [5.41, 5.74) is -0.273. The van der Waals surface area contributed by atoms with Crippen molar-refractivity contribution in [3.63, 3.8) is 0 Å². The highest BCUT2D eigenvalue weighted by Gasteiger charge is 2.25. The predicted octanol–water partition coefficient (Wildman–Crippen LogP) is 2.68. The smallest absolute Gasteiger partial charge is 0.410 e. The van der Waals surface area contributed by atoms with Gasteiger partial charge in [0.25, 0.3) is 0 Å². The van der Waals surface area contributed by atoms with Gasteiger partial charge in [-0.25, -0.2) is 13.6 Å². The van der Waals surface area contributed by atoms with Gasteiger partial charge in [-0.05, 0) is 13.3 Å². The molecule has 1 aliphatic heterocycles. The minimum atomic E-state index is -0.780. The highest BCUT2D eigenvalue weighted by molar-refractivity contribution is 5.68. The average molecular weight is 328 g/mol. The van der Waals surface area contributed by atoms with Crippen LogP contribution in [0, 0.1) is 11.6 Å². The summed E-state index contributed by atoms with van der Waals surface area (Å²) in [6.07, 6.45) is 0.176. The Kier molecular flexibility index (Phi) is 6.15. The lowest BCUT2D eigenvalue weighted by Gasteiger charge is -2.33. The molecule has 0 bridgehead atoms. The number of carbonyl (C=O) groups is 1. The zero-order valence-electron chi connectivity index (χ0n) is 13.4. The largest absolute Gasteiger partial charge is 0.493 e. The van der Waals surface area contributed by atoms with E-state index in [1.54, 1.807) is 4.90 Å². The maximum absolute atomic E-state index is 14.0. The van der Waals surface area contributed by atoms with Crippen molar-refractivity contribution in [2.75, 3.05) is 26.2 Å². The number of benzene rings is 1. The van der Waals surface area contributed by atoms with Crippen LogP contribution in [0.3, 0.4) is 0 Å². The Labute approximate surface area is 134 Å². The molecule has 1 atom stereocenters. The molecule has 2 rings (SSSR count). The van der Waals surface area contributed by atoms with E-state index in [0.29, 0.717) is 26.2 Å². The molecule has 0 saturated carbocycles. The number of piperazine rings is 1. The molecule has 23 heavy (non-hydrogen) atoms. The Morgan fingerprint density at radius 1 is 1.39 bits per heavy atom. The van der Waals surface area contributed by atoms with Gasteiger partial charge in [0.1, 0.15) is 24.0 Å². The van der Waals surface area contributed by atoms with E-state index in [2.05, 4.69) is 5.32 Å². The maximum Gasteiger partial charge on any atom is 0.410 e. The van der Waals surface area contributed by atoms with Crippen molar-refractivity contribution in [1.82, 2.24) is 10.2 Å². The van der Waals surface area contributed by atoms with Gasteiger partial charge in [-0.1, -0.05) is 6.92 Å². The van der Waals surface area contributed by atoms with Gasteiger partial charge >= 0.3 is 6.09 Å². The molecule has 5 nitrogen and oxygen atoms in total. The molecular formula is C16H22F2N2O3. The fourth-order valence-corrected chi connectivity index (χ4v) is 2.35. The molecule has 0 radical (unpaired) electrons. The summed E-state index contributed by atoms with van der Waals surface area (Å²) < 4.78 is 38.2. The number of ether oxygens (including phenoxy) is 2. The van der Waals surface area contributed by atoms with Gasteiger partial charge in [-0.15, -0.1) is 0 Å². The second kappa shape index (κ2) is 8.10. The molecule has 0 aromatic heterocycles. The van der Waals surface area contributed by atoms with E-state index in [1.807, 2.05) is 13.8 Å². The monoisotopic (exact) mass is 328 g/mol. The van der Waals surface area contributed by atoms with Crippen LogP contribution in [-0.4, -0.2) is 43.3 Å². The molecule has 1 heterocycles. The fourth-order valence-electron chi connectivity index (χ4n) is 2.35. The number of nitrogens with zero attached hydrogens (tertiary/aromatic N) is 1. The van der Waals surface area contributed by atoms with E-state index in [4.69, 9.17) is 9.47 Å². The topological polar surface area (TPSA) is 50.8 Å². The van der Waals surface area contributed by atoms with Crippen molar-refractivity contribution in [3.05, 3.63) is 29.3 Å².